The van der Waals surface area contributed by atoms with Crippen LogP contribution in [0.25, 0.3) is 0 Å². The molecule has 0 aliphatic carbocycles. The van der Waals surface area contributed by atoms with Crippen molar-refractivity contribution in [3.8, 4) is 0 Å². The van der Waals surface area contributed by atoms with E-state index in [4.69, 9.17) is 9.84 Å². The monoisotopic (exact) mass is 170 g/mol. The van der Waals surface area contributed by atoms with Gasteiger partial charge in [0.05, 0.1) is 11.7 Å². The lowest BCUT2D eigenvalue weighted by molar-refractivity contribution is -0.121. The molecule has 0 aromatic heterocycles. The quantitative estimate of drug-likeness (QED) is 0.498. The highest BCUT2D eigenvalue weighted by molar-refractivity contribution is 5.87. The van der Waals surface area contributed by atoms with Crippen molar-refractivity contribution >= 4 is 5.78 Å². The third-order valence-corrected chi connectivity index (χ3v) is 1.97. The smallest absolute Gasteiger partial charge is 0.167 e. The molecule has 12 heavy (non-hydrogen) atoms. The van der Waals surface area contributed by atoms with Crippen molar-refractivity contribution in [3.05, 3.63) is 12.7 Å². The maximum absolute atomic E-state index is 11.3. The maximum Gasteiger partial charge on any atom is 0.167 e. The Hall–Kier alpha value is -0.670. The first-order valence-electron chi connectivity index (χ1n) is 3.98. The van der Waals surface area contributed by atoms with Gasteiger partial charge in [0.2, 0.25) is 0 Å². The number of hydrogen-bond donors (Lipinski definition) is 1. The third-order valence-electron chi connectivity index (χ3n) is 1.97. The summed E-state index contributed by atoms with van der Waals surface area (Å²) in [6, 6.07) is 0. The number of ether oxygens (including phenoxy) is 1. The van der Waals surface area contributed by atoms with Gasteiger partial charge in [-0.05, 0) is 13.8 Å². The van der Waals surface area contributed by atoms with E-state index in [1.807, 2.05) is 13.8 Å². The van der Waals surface area contributed by atoms with Crippen LogP contribution in [0.5, 0.6) is 0 Å². The highest BCUT2D eigenvalue weighted by atomic mass is 16.6. The van der Waals surface area contributed by atoms with E-state index in [0.717, 1.165) is 0 Å². The van der Waals surface area contributed by atoms with Gasteiger partial charge in [-0.1, -0.05) is 6.08 Å². The van der Waals surface area contributed by atoms with Crippen molar-refractivity contribution in [2.24, 2.45) is 0 Å². The molecule has 0 radical (unpaired) electrons. The summed E-state index contributed by atoms with van der Waals surface area (Å²) in [6.07, 6.45) is 0.398. The summed E-state index contributed by atoms with van der Waals surface area (Å²) in [5.41, 5.74) is -0.321. The Kier molecular flexibility index (Phi) is 2.35. The lowest BCUT2D eigenvalue weighted by atomic mass is 10.0. The van der Waals surface area contributed by atoms with Crippen LogP contribution in [0.1, 0.15) is 20.3 Å². The van der Waals surface area contributed by atoms with Gasteiger partial charge in [-0.3, -0.25) is 4.79 Å². The fourth-order valence-electron chi connectivity index (χ4n) is 1.12. The van der Waals surface area contributed by atoms with E-state index in [0.29, 0.717) is 0 Å². The van der Waals surface area contributed by atoms with Crippen molar-refractivity contribution in [3.63, 3.8) is 0 Å². The summed E-state index contributed by atoms with van der Waals surface area (Å²) in [5.74, 6) is -0.0487. The van der Waals surface area contributed by atoms with Crippen molar-refractivity contribution in [2.75, 3.05) is 0 Å². The van der Waals surface area contributed by atoms with Crippen LogP contribution in [-0.2, 0) is 9.53 Å². The highest BCUT2D eigenvalue weighted by Gasteiger charge is 2.52. The molecule has 1 N–H and O–H groups in total. The van der Waals surface area contributed by atoms with Gasteiger partial charge < -0.3 is 9.84 Å². The molecular weight excluding hydrogens is 156 g/mol. The van der Waals surface area contributed by atoms with E-state index in [2.05, 4.69) is 6.58 Å². The Morgan fingerprint density at radius 2 is 2.33 bits per heavy atom. The number of carbonyl (C=O) groups is 1. The minimum absolute atomic E-state index is 0.0487. The molecule has 0 bridgehead atoms. The summed E-state index contributed by atoms with van der Waals surface area (Å²) in [5, 5.41) is 9.08. The molecule has 3 heteroatoms. The van der Waals surface area contributed by atoms with E-state index in [1.54, 1.807) is 0 Å². The molecule has 1 rings (SSSR count). The van der Waals surface area contributed by atoms with Crippen LogP contribution in [0.3, 0.4) is 0 Å². The molecule has 1 saturated heterocycles. The van der Waals surface area contributed by atoms with Crippen LogP contribution in [-0.4, -0.2) is 28.7 Å². The van der Waals surface area contributed by atoms with Crippen LogP contribution < -0.4 is 0 Å². The molecule has 2 atom stereocenters. The summed E-state index contributed by atoms with van der Waals surface area (Å²) >= 11 is 0. The predicted molar refractivity (Wildman–Crippen MR) is 44.8 cm³/mol. The van der Waals surface area contributed by atoms with Crippen molar-refractivity contribution in [1.29, 1.82) is 0 Å². The van der Waals surface area contributed by atoms with E-state index in [1.165, 1.54) is 6.08 Å². The molecule has 1 heterocycles. The number of carbonyl (C=O) groups excluding carboxylic acids is 1. The standard InChI is InChI=1S/C9H14O3/c1-4-6(10)5-7(11)8-9(2,3)12-8/h4,6,8,10H,1,5H2,2-3H3. The first-order chi connectivity index (χ1) is 5.47. The molecule has 0 saturated carbocycles. The van der Waals surface area contributed by atoms with Crippen LogP contribution >= 0.6 is 0 Å². The summed E-state index contributed by atoms with van der Waals surface area (Å²) in [4.78, 5) is 11.3. The van der Waals surface area contributed by atoms with Crippen molar-refractivity contribution < 1.29 is 14.6 Å². The van der Waals surface area contributed by atoms with Crippen molar-refractivity contribution in [2.45, 2.75) is 38.1 Å². The first kappa shape index (κ1) is 9.42. The van der Waals surface area contributed by atoms with Crippen LogP contribution in [0.15, 0.2) is 12.7 Å². The second-order valence-corrected chi connectivity index (χ2v) is 3.57. The Morgan fingerprint density at radius 3 is 2.67 bits per heavy atom. The summed E-state index contributed by atoms with van der Waals surface area (Å²) in [7, 11) is 0. The first-order valence-corrected chi connectivity index (χ1v) is 3.98. The van der Waals surface area contributed by atoms with Gasteiger partial charge >= 0.3 is 0 Å². The van der Waals surface area contributed by atoms with Gasteiger partial charge in [-0.25, -0.2) is 0 Å². The number of rotatable bonds is 4. The number of epoxide rings is 1. The Labute approximate surface area is 72.0 Å². The van der Waals surface area contributed by atoms with Gasteiger partial charge in [0.25, 0.3) is 0 Å². The zero-order valence-electron chi connectivity index (χ0n) is 7.41. The lowest BCUT2D eigenvalue weighted by Gasteiger charge is -2.01. The van der Waals surface area contributed by atoms with Crippen LogP contribution in [0.2, 0.25) is 0 Å². The maximum atomic E-state index is 11.3. The van der Waals surface area contributed by atoms with Gasteiger partial charge in [0.1, 0.15) is 6.10 Å². The topological polar surface area (TPSA) is 49.8 Å². The summed E-state index contributed by atoms with van der Waals surface area (Å²) in [6.45, 7) is 7.10. The van der Waals surface area contributed by atoms with Crippen molar-refractivity contribution in [1.82, 2.24) is 0 Å². The molecule has 0 spiro atoms. The average molecular weight is 170 g/mol. The fourth-order valence-corrected chi connectivity index (χ4v) is 1.12. The number of aliphatic hydroxyl groups excluding tert-OH is 1. The largest absolute Gasteiger partial charge is 0.389 e. The SMILES string of the molecule is C=CC(O)CC(=O)C1OC1(C)C. The second kappa shape index (κ2) is 2.99. The molecule has 1 aliphatic heterocycles. The van der Waals surface area contributed by atoms with Crippen LogP contribution in [0, 0.1) is 0 Å². The molecule has 2 unspecified atom stereocenters. The Bertz CT molecular complexity index is 208. The minimum atomic E-state index is -0.738. The minimum Gasteiger partial charge on any atom is -0.389 e. The van der Waals surface area contributed by atoms with Gasteiger partial charge in [-0.2, -0.15) is 0 Å². The highest BCUT2D eigenvalue weighted by Crippen LogP contribution is 2.36. The van der Waals surface area contributed by atoms with E-state index in [-0.39, 0.29) is 23.9 Å². The number of Topliss-reactive ketones (excluding diaryl/α,β-unsaturated/α-hetero) is 1. The molecular formula is C9H14O3. The zero-order chi connectivity index (χ0) is 9.35. The van der Waals surface area contributed by atoms with E-state index >= 15 is 0 Å². The molecule has 1 aliphatic rings. The Morgan fingerprint density at radius 1 is 1.83 bits per heavy atom. The molecule has 1 fully saturated rings. The van der Waals surface area contributed by atoms with Gasteiger partial charge in [0.15, 0.2) is 5.78 Å². The molecule has 0 amide bonds. The molecule has 3 nitrogen and oxygen atoms in total. The Balaban J connectivity index is 2.36. The zero-order valence-corrected chi connectivity index (χ0v) is 7.41. The lowest BCUT2D eigenvalue weighted by Crippen LogP contribution is -2.19. The molecule has 0 aromatic rings. The average Bonchev–Trinajstić information content (AvgIpc) is 2.59. The fraction of sp³-hybridized carbons (Fsp3) is 0.667. The van der Waals surface area contributed by atoms with Gasteiger partial charge in [0, 0.05) is 6.42 Å². The molecule has 68 valence electrons. The predicted octanol–water partition coefficient (Wildman–Crippen LogP) is 0.670. The van der Waals surface area contributed by atoms with E-state index in [9.17, 15) is 4.79 Å². The normalized spacial score (nSPS) is 27.8. The number of hydrogen-bond acceptors (Lipinski definition) is 3. The van der Waals surface area contributed by atoms with Gasteiger partial charge in [-0.15, -0.1) is 6.58 Å². The number of aliphatic hydroxyl groups is 1. The number of ketones is 1. The molecule has 0 aromatic carbocycles. The van der Waals surface area contributed by atoms with Crippen LogP contribution in [0.4, 0.5) is 0 Å². The summed E-state index contributed by atoms with van der Waals surface area (Å²) < 4.78 is 5.12. The second-order valence-electron chi connectivity index (χ2n) is 3.57. The van der Waals surface area contributed by atoms with E-state index < -0.39 is 6.10 Å². The third kappa shape index (κ3) is 1.93.